The Bertz CT molecular complexity index is 1510. The number of benzene rings is 3. The van der Waals surface area contributed by atoms with E-state index >= 15 is 0 Å². The molecule has 1 fully saturated rings. The van der Waals surface area contributed by atoms with Gasteiger partial charge in [0, 0.05) is 54.2 Å². The Morgan fingerprint density at radius 1 is 0.778 bits per heavy atom. The van der Waals surface area contributed by atoms with E-state index in [-0.39, 0.29) is 5.91 Å². The molecule has 0 aliphatic carbocycles. The van der Waals surface area contributed by atoms with Crippen molar-refractivity contribution in [2.24, 2.45) is 0 Å². The SMILES string of the molecule is O=C(c1ccccc1)N1CCN(c2ncnc3c2c(-c2ccccc2)cn3-c2ccc(Cl)cc2)CC1. The summed E-state index contributed by atoms with van der Waals surface area (Å²) < 4.78 is 2.09. The molecule has 1 aliphatic heterocycles. The largest absolute Gasteiger partial charge is 0.352 e. The molecule has 0 atom stereocenters. The Balaban J connectivity index is 1.38. The number of rotatable bonds is 4. The molecule has 1 aliphatic rings. The quantitative estimate of drug-likeness (QED) is 0.322. The van der Waals surface area contributed by atoms with E-state index < -0.39 is 0 Å². The van der Waals surface area contributed by atoms with Gasteiger partial charge in [0.1, 0.15) is 12.1 Å². The maximum absolute atomic E-state index is 12.9. The minimum Gasteiger partial charge on any atom is -0.352 e. The lowest BCUT2D eigenvalue weighted by molar-refractivity contribution is 0.0746. The van der Waals surface area contributed by atoms with Crippen molar-refractivity contribution in [1.29, 1.82) is 0 Å². The molecule has 0 radical (unpaired) electrons. The van der Waals surface area contributed by atoms with Crippen LogP contribution in [0.1, 0.15) is 10.4 Å². The molecule has 1 saturated heterocycles. The maximum Gasteiger partial charge on any atom is 0.253 e. The van der Waals surface area contributed by atoms with Gasteiger partial charge in [-0.05, 0) is 42.0 Å². The van der Waals surface area contributed by atoms with Gasteiger partial charge >= 0.3 is 0 Å². The average Bonchev–Trinajstić information content (AvgIpc) is 3.34. The lowest BCUT2D eigenvalue weighted by Crippen LogP contribution is -2.49. The summed E-state index contributed by atoms with van der Waals surface area (Å²) in [7, 11) is 0. The summed E-state index contributed by atoms with van der Waals surface area (Å²) in [6, 6.07) is 27.5. The van der Waals surface area contributed by atoms with Gasteiger partial charge < -0.3 is 14.4 Å². The molecule has 0 spiro atoms. The van der Waals surface area contributed by atoms with Crippen LogP contribution >= 0.6 is 11.6 Å². The predicted octanol–water partition coefficient (Wildman–Crippen LogP) is 5.70. The summed E-state index contributed by atoms with van der Waals surface area (Å²) in [4.78, 5) is 26.6. The minimum atomic E-state index is 0.0713. The zero-order chi connectivity index (χ0) is 24.5. The molecule has 6 rings (SSSR count). The molecule has 3 heterocycles. The van der Waals surface area contributed by atoms with Crippen molar-refractivity contribution in [3.05, 3.63) is 108 Å². The van der Waals surface area contributed by atoms with Crippen molar-refractivity contribution >= 4 is 34.4 Å². The van der Waals surface area contributed by atoms with Gasteiger partial charge in [-0.25, -0.2) is 9.97 Å². The molecule has 2 aromatic heterocycles. The van der Waals surface area contributed by atoms with Gasteiger partial charge in [-0.1, -0.05) is 60.1 Å². The molecule has 3 aromatic carbocycles. The number of halogens is 1. The number of hydrogen-bond donors (Lipinski definition) is 0. The summed E-state index contributed by atoms with van der Waals surface area (Å²) in [5.74, 6) is 0.959. The number of anilines is 1. The fraction of sp³-hybridized carbons (Fsp3) is 0.138. The third kappa shape index (κ3) is 4.10. The Morgan fingerprint density at radius 3 is 2.14 bits per heavy atom. The first-order chi connectivity index (χ1) is 17.7. The Labute approximate surface area is 214 Å². The van der Waals surface area contributed by atoms with Crippen molar-refractivity contribution in [2.45, 2.75) is 0 Å². The number of nitrogens with zero attached hydrogens (tertiary/aromatic N) is 5. The van der Waals surface area contributed by atoms with Crippen LogP contribution < -0.4 is 4.90 Å². The van der Waals surface area contributed by atoms with Gasteiger partial charge in [-0.2, -0.15) is 0 Å². The maximum atomic E-state index is 12.9. The molecule has 0 bridgehead atoms. The van der Waals surface area contributed by atoms with E-state index in [0.717, 1.165) is 39.2 Å². The van der Waals surface area contributed by atoms with Crippen molar-refractivity contribution < 1.29 is 4.79 Å². The van der Waals surface area contributed by atoms with Gasteiger partial charge in [0.2, 0.25) is 0 Å². The van der Waals surface area contributed by atoms with Crippen LogP contribution in [-0.4, -0.2) is 51.5 Å². The van der Waals surface area contributed by atoms with E-state index in [4.69, 9.17) is 21.6 Å². The first kappa shape index (κ1) is 22.3. The second kappa shape index (κ2) is 9.47. The van der Waals surface area contributed by atoms with Crippen molar-refractivity contribution in [2.75, 3.05) is 31.1 Å². The van der Waals surface area contributed by atoms with Crippen LogP contribution in [0.3, 0.4) is 0 Å². The van der Waals surface area contributed by atoms with E-state index in [1.165, 1.54) is 0 Å². The number of hydrogen-bond acceptors (Lipinski definition) is 4. The third-order valence-corrected chi connectivity index (χ3v) is 6.89. The number of aromatic nitrogens is 3. The Hall–Kier alpha value is -4.16. The highest BCUT2D eigenvalue weighted by molar-refractivity contribution is 6.30. The number of piperazine rings is 1. The lowest BCUT2D eigenvalue weighted by atomic mass is 10.1. The average molecular weight is 494 g/mol. The molecule has 5 aromatic rings. The highest BCUT2D eigenvalue weighted by Crippen LogP contribution is 2.37. The van der Waals surface area contributed by atoms with Crippen LogP contribution in [0.5, 0.6) is 0 Å². The predicted molar refractivity (Wildman–Crippen MR) is 144 cm³/mol. The van der Waals surface area contributed by atoms with E-state index in [9.17, 15) is 4.79 Å². The van der Waals surface area contributed by atoms with Crippen molar-refractivity contribution in [3.8, 4) is 16.8 Å². The first-order valence-corrected chi connectivity index (χ1v) is 12.3. The molecule has 1 amide bonds. The molecular formula is C29H24ClN5O. The summed E-state index contributed by atoms with van der Waals surface area (Å²) in [5.41, 5.74) is 4.71. The van der Waals surface area contributed by atoms with Gasteiger partial charge in [-0.15, -0.1) is 0 Å². The molecule has 0 N–H and O–H groups in total. The molecule has 7 heteroatoms. The summed E-state index contributed by atoms with van der Waals surface area (Å²) in [6.07, 6.45) is 3.75. The fourth-order valence-corrected chi connectivity index (χ4v) is 4.93. The summed E-state index contributed by atoms with van der Waals surface area (Å²) >= 11 is 6.15. The molecule has 0 unspecified atom stereocenters. The second-order valence-electron chi connectivity index (χ2n) is 8.80. The fourth-order valence-electron chi connectivity index (χ4n) is 4.81. The summed E-state index contributed by atoms with van der Waals surface area (Å²) in [6.45, 7) is 2.67. The van der Waals surface area contributed by atoms with Crippen LogP contribution in [0.25, 0.3) is 27.8 Å². The molecule has 6 nitrogen and oxygen atoms in total. The van der Waals surface area contributed by atoms with Gasteiger partial charge in [0.05, 0.1) is 5.39 Å². The number of amides is 1. The summed E-state index contributed by atoms with van der Waals surface area (Å²) in [5, 5.41) is 1.69. The monoisotopic (exact) mass is 493 g/mol. The molecular weight excluding hydrogens is 470 g/mol. The van der Waals surface area contributed by atoms with Crippen LogP contribution in [0.2, 0.25) is 5.02 Å². The highest BCUT2D eigenvalue weighted by Gasteiger charge is 2.26. The smallest absolute Gasteiger partial charge is 0.253 e. The number of carbonyl (C=O) groups excluding carboxylic acids is 1. The molecule has 178 valence electrons. The van der Waals surface area contributed by atoms with E-state index in [1.807, 2.05) is 77.7 Å². The lowest BCUT2D eigenvalue weighted by Gasteiger charge is -2.35. The van der Waals surface area contributed by atoms with Crippen LogP contribution in [-0.2, 0) is 0 Å². The van der Waals surface area contributed by atoms with Gasteiger partial charge in [0.25, 0.3) is 5.91 Å². The van der Waals surface area contributed by atoms with Crippen molar-refractivity contribution in [1.82, 2.24) is 19.4 Å². The highest BCUT2D eigenvalue weighted by atomic mass is 35.5. The van der Waals surface area contributed by atoms with Crippen LogP contribution in [0, 0.1) is 0 Å². The van der Waals surface area contributed by atoms with Gasteiger partial charge in [0.15, 0.2) is 5.65 Å². The van der Waals surface area contributed by atoms with Crippen LogP contribution in [0.4, 0.5) is 5.82 Å². The second-order valence-corrected chi connectivity index (χ2v) is 9.23. The van der Waals surface area contributed by atoms with E-state index in [2.05, 4.69) is 27.8 Å². The van der Waals surface area contributed by atoms with Crippen LogP contribution in [0.15, 0.2) is 97.5 Å². The normalized spacial score (nSPS) is 13.8. The first-order valence-electron chi connectivity index (χ1n) is 12.0. The molecule has 0 saturated carbocycles. The number of fused-ring (bicyclic) bond motifs is 1. The topological polar surface area (TPSA) is 54.3 Å². The molecule has 36 heavy (non-hydrogen) atoms. The third-order valence-electron chi connectivity index (χ3n) is 6.64. The van der Waals surface area contributed by atoms with E-state index in [1.54, 1.807) is 6.33 Å². The zero-order valence-corrected chi connectivity index (χ0v) is 20.3. The Morgan fingerprint density at radius 2 is 1.44 bits per heavy atom. The van der Waals surface area contributed by atoms with Crippen molar-refractivity contribution in [3.63, 3.8) is 0 Å². The van der Waals surface area contributed by atoms with E-state index in [0.29, 0.717) is 31.2 Å². The Kier molecular flexibility index (Phi) is 5.87. The standard InChI is InChI=1S/C29H24ClN5O/c30-23-11-13-24(14-12-23)35-19-25(21-7-3-1-4-8-21)26-27(31-20-32-28(26)35)33-15-17-34(18-16-33)29(36)22-9-5-2-6-10-22/h1-14,19-20H,15-18H2. The minimum absolute atomic E-state index is 0.0713. The number of carbonyl (C=O) groups is 1. The zero-order valence-electron chi connectivity index (χ0n) is 19.6. The van der Waals surface area contributed by atoms with Gasteiger partial charge in [-0.3, -0.25) is 4.79 Å².